The van der Waals surface area contributed by atoms with Gasteiger partial charge < -0.3 is 4.90 Å². The number of nitrogens with one attached hydrogen (secondary N) is 1. The van der Waals surface area contributed by atoms with Gasteiger partial charge in [0.05, 0.1) is 4.90 Å². The number of rotatable bonds is 4. The van der Waals surface area contributed by atoms with Crippen molar-refractivity contribution in [3.63, 3.8) is 0 Å². The van der Waals surface area contributed by atoms with Crippen LogP contribution in [0.25, 0.3) is 0 Å². The van der Waals surface area contributed by atoms with Gasteiger partial charge in [0.25, 0.3) is 0 Å². The van der Waals surface area contributed by atoms with Crippen molar-refractivity contribution in [2.45, 2.75) is 31.2 Å². The Hall–Kier alpha value is -0.620. The minimum atomic E-state index is -3.37. The van der Waals surface area contributed by atoms with Crippen LogP contribution in [-0.4, -0.2) is 39.0 Å². The molecule has 2 rings (SSSR count). The van der Waals surface area contributed by atoms with Crippen molar-refractivity contribution >= 4 is 22.4 Å². The van der Waals surface area contributed by atoms with E-state index in [4.69, 9.17) is 0 Å². The lowest BCUT2D eigenvalue weighted by Gasteiger charge is -2.14. The van der Waals surface area contributed by atoms with Crippen LogP contribution in [0.4, 0.5) is 0 Å². The molecule has 108 valence electrons. The summed E-state index contributed by atoms with van der Waals surface area (Å²) in [5, 5.41) is 0. The number of aryl methyl sites for hydroxylation is 1. The summed E-state index contributed by atoms with van der Waals surface area (Å²) in [5.41, 5.74) is 1.06. The number of nitrogens with zero attached hydrogens (tertiary/aromatic N) is 1. The Labute approximate surface area is 121 Å². The zero-order valence-electron chi connectivity index (χ0n) is 11.3. The fourth-order valence-electron chi connectivity index (χ4n) is 2.22. The first-order valence-electron chi connectivity index (χ1n) is 6.32. The van der Waals surface area contributed by atoms with Crippen molar-refractivity contribution in [3.05, 3.63) is 29.8 Å². The average Bonchev–Trinajstić information content (AvgIpc) is 2.76. The van der Waals surface area contributed by atoms with Crippen molar-refractivity contribution in [1.82, 2.24) is 9.62 Å². The van der Waals surface area contributed by atoms with E-state index in [-0.39, 0.29) is 18.4 Å². The van der Waals surface area contributed by atoms with E-state index in [1.807, 2.05) is 19.1 Å². The Morgan fingerprint density at radius 3 is 2.47 bits per heavy atom. The van der Waals surface area contributed by atoms with Gasteiger partial charge in [-0.05, 0) is 38.6 Å². The maximum atomic E-state index is 12.2. The molecule has 0 aliphatic carbocycles. The van der Waals surface area contributed by atoms with Crippen LogP contribution in [-0.2, 0) is 10.0 Å². The quantitative estimate of drug-likeness (QED) is 0.922. The molecule has 1 heterocycles. The van der Waals surface area contributed by atoms with Gasteiger partial charge >= 0.3 is 0 Å². The van der Waals surface area contributed by atoms with Crippen LogP contribution in [0, 0.1) is 6.92 Å². The number of likely N-dealkylation sites (N-methyl/N-ethyl adjacent to an activating group) is 1. The highest BCUT2D eigenvalue weighted by atomic mass is 35.5. The van der Waals surface area contributed by atoms with Crippen molar-refractivity contribution in [3.8, 4) is 0 Å². The number of sulfonamides is 1. The van der Waals surface area contributed by atoms with Crippen LogP contribution in [0.3, 0.4) is 0 Å². The maximum absolute atomic E-state index is 12.2. The van der Waals surface area contributed by atoms with Crippen LogP contribution in [0.2, 0.25) is 0 Å². The van der Waals surface area contributed by atoms with Crippen LogP contribution < -0.4 is 4.72 Å². The predicted octanol–water partition coefficient (Wildman–Crippen LogP) is 1.79. The summed E-state index contributed by atoms with van der Waals surface area (Å²) in [5.74, 6) is 0. The Morgan fingerprint density at radius 2 is 1.95 bits per heavy atom. The molecule has 1 aromatic carbocycles. The van der Waals surface area contributed by atoms with Gasteiger partial charge in [0.1, 0.15) is 0 Å². The highest BCUT2D eigenvalue weighted by molar-refractivity contribution is 7.89. The Bertz CT molecular complexity index is 502. The van der Waals surface area contributed by atoms with Gasteiger partial charge in [0.15, 0.2) is 0 Å². The largest absolute Gasteiger partial charge is 0.302 e. The minimum Gasteiger partial charge on any atom is -0.302 e. The highest BCUT2D eigenvalue weighted by Crippen LogP contribution is 2.14. The average molecular weight is 305 g/mol. The third-order valence-corrected chi connectivity index (χ3v) is 4.91. The predicted molar refractivity (Wildman–Crippen MR) is 79.3 cm³/mol. The second-order valence-corrected chi connectivity index (χ2v) is 6.53. The minimum absolute atomic E-state index is 0. The second kappa shape index (κ2) is 6.70. The van der Waals surface area contributed by atoms with E-state index in [0.717, 1.165) is 31.6 Å². The lowest BCUT2D eigenvalue weighted by atomic mass is 10.2. The molecule has 0 radical (unpaired) electrons. The first-order valence-corrected chi connectivity index (χ1v) is 7.81. The van der Waals surface area contributed by atoms with Gasteiger partial charge in [-0.15, -0.1) is 12.4 Å². The third-order valence-electron chi connectivity index (χ3n) is 3.37. The van der Waals surface area contributed by atoms with Gasteiger partial charge in [0, 0.05) is 12.6 Å². The number of hydrogen-bond acceptors (Lipinski definition) is 3. The standard InChI is InChI=1S/C13H20N2O2S.ClH/c1-3-15-9-8-12(10-15)14-18(16,17)13-6-4-11(2)5-7-13;/h4-7,12,14H,3,8-10H2,1-2H3;1H. The van der Waals surface area contributed by atoms with Crippen LogP contribution in [0.1, 0.15) is 18.9 Å². The molecule has 0 aromatic heterocycles. The molecule has 1 unspecified atom stereocenters. The van der Waals surface area contributed by atoms with Gasteiger partial charge in [-0.3, -0.25) is 0 Å². The van der Waals surface area contributed by atoms with Crippen LogP contribution in [0.15, 0.2) is 29.2 Å². The number of hydrogen-bond donors (Lipinski definition) is 1. The zero-order chi connectivity index (χ0) is 13.2. The number of benzene rings is 1. The van der Waals surface area contributed by atoms with Gasteiger partial charge in [-0.25, -0.2) is 13.1 Å². The lowest BCUT2D eigenvalue weighted by molar-refractivity contribution is 0.351. The smallest absolute Gasteiger partial charge is 0.240 e. The topological polar surface area (TPSA) is 49.4 Å². The van der Waals surface area contributed by atoms with Gasteiger partial charge in [-0.2, -0.15) is 0 Å². The molecule has 0 amide bonds. The van der Waals surface area contributed by atoms with Crippen molar-refractivity contribution in [2.75, 3.05) is 19.6 Å². The van der Waals surface area contributed by atoms with E-state index in [2.05, 4.69) is 16.5 Å². The summed E-state index contributed by atoms with van der Waals surface area (Å²) in [4.78, 5) is 2.60. The first kappa shape index (κ1) is 16.4. The van der Waals surface area contributed by atoms with Crippen LogP contribution >= 0.6 is 12.4 Å². The molecular formula is C13H21ClN2O2S. The fourth-order valence-corrected chi connectivity index (χ4v) is 3.48. The Morgan fingerprint density at radius 1 is 1.32 bits per heavy atom. The summed E-state index contributed by atoms with van der Waals surface area (Å²) in [7, 11) is -3.37. The molecule has 6 heteroatoms. The monoisotopic (exact) mass is 304 g/mol. The van der Waals surface area contributed by atoms with E-state index in [0.29, 0.717) is 4.90 Å². The van der Waals surface area contributed by atoms with E-state index in [1.54, 1.807) is 12.1 Å². The molecule has 1 N–H and O–H groups in total. The molecule has 1 fully saturated rings. The normalized spacial score (nSPS) is 20.2. The molecule has 1 aromatic rings. The van der Waals surface area contributed by atoms with E-state index in [9.17, 15) is 8.42 Å². The van der Waals surface area contributed by atoms with Crippen molar-refractivity contribution in [2.24, 2.45) is 0 Å². The SMILES string of the molecule is CCN1CCC(NS(=O)(=O)c2ccc(C)cc2)C1.Cl. The summed E-state index contributed by atoms with van der Waals surface area (Å²) < 4.78 is 27.1. The van der Waals surface area contributed by atoms with Crippen LogP contribution in [0.5, 0.6) is 0 Å². The molecule has 19 heavy (non-hydrogen) atoms. The van der Waals surface area contributed by atoms with E-state index >= 15 is 0 Å². The Kier molecular flexibility index (Phi) is 5.80. The first-order chi connectivity index (χ1) is 8.51. The second-order valence-electron chi connectivity index (χ2n) is 4.81. The molecule has 0 spiro atoms. The van der Waals surface area contributed by atoms with Crippen molar-refractivity contribution in [1.29, 1.82) is 0 Å². The molecule has 1 aliphatic heterocycles. The van der Waals surface area contributed by atoms with Gasteiger partial charge in [0.2, 0.25) is 10.0 Å². The number of likely N-dealkylation sites (tertiary alicyclic amines) is 1. The van der Waals surface area contributed by atoms with E-state index in [1.165, 1.54) is 0 Å². The molecule has 0 saturated carbocycles. The summed E-state index contributed by atoms with van der Waals surface area (Å²) in [6.07, 6.45) is 0.888. The maximum Gasteiger partial charge on any atom is 0.240 e. The fraction of sp³-hybridized carbons (Fsp3) is 0.538. The molecule has 1 atom stereocenters. The molecule has 1 saturated heterocycles. The Balaban J connectivity index is 0.00000180. The van der Waals surface area contributed by atoms with E-state index < -0.39 is 10.0 Å². The third kappa shape index (κ3) is 4.18. The van der Waals surface area contributed by atoms with Gasteiger partial charge in [-0.1, -0.05) is 24.6 Å². The molecular weight excluding hydrogens is 284 g/mol. The summed E-state index contributed by atoms with van der Waals surface area (Å²) in [6, 6.07) is 6.99. The zero-order valence-corrected chi connectivity index (χ0v) is 12.9. The van der Waals surface area contributed by atoms with Crippen molar-refractivity contribution < 1.29 is 8.42 Å². The highest BCUT2D eigenvalue weighted by Gasteiger charge is 2.26. The molecule has 0 bridgehead atoms. The lowest BCUT2D eigenvalue weighted by Crippen LogP contribution is -2.37. The molecule has 1 aliphatic rings. The summed E-state index contributed by atoms with van der Waals surface area (Å²) >= 11 is 0. The number of halogens is 1. The summed E-state index contributed by atoms with van der Waals surface area (Å²) in [6.45, 7) is 6.79. The molecule has 4 nitrogen and oxygen atoms in total.